The van der Waals surface area contributed by atoms with Gasteiger partial charge in [0.15, 0.2) is 0 Å². The third kappa shape index (κ3) is 4.77. The molecule has 0 aromatic carbocycles. The van der Waals surface area contributed by atoms with Crippen LogP contribution in [0, 0.1) is 5.92 Å². The van der Waals surface area contributed by atoms with Crippen molar-refractivity contribution in [3.05, 3.63) is 28.2 Å². The maximum Gasteiger partial charge on any atom is 0.266 e. The Balaban J connectivity index is 1.54. The highest BCUT2D eigenvalue weighted by molar-refractivity contribution is 7.88. The summed E-state index contributed by atoms with van der Waals surface area (Å²) in [6.07, 6.45) is 1.63. The van der Waals surface area contributed by atoms with E-state index in [1.807, 2.05) is 0 Å². The fourth-order valence-electron chi connectivity index (χ4n) is 3.79. The molecule has 9 heteroatoms. The summed E-state index contributed by atoms with van der Waals surface area (Å²) in [6, 6.07) is 3.36. The van der Waals surface area contributed by atoms with Crippen molar-refractivity contribution < 1.29 is 13.5 Å². The fraction of sp³-hybridized carbons (Fsp3) is 0.778. The molecule has 1 atom stereocenters. The molecule has 2 aliphatic heterocycles. The number of aromatic nitrogens is 2. The molecule has 2 aliphatic rings. The van der Waals surface area contributed by atoms with Crippen LogP contribution < -0.4 is 5.56 Å². The molecule has 1 N–H and O–H groups in total. The van der Waals surface area contributed by atoms with Gasteiger partial charge in [-0.1, -0.05) is 20.8 Å². The first kappa shape index (κ1) is 20.4. The molecule has 0 aliphatic carbocycles. The molecule has 2 fully saturated rings. The fourth-order valence-corrected chi connectivity index (χ4v) is 4.69. The highest BCUT2D eigenvalue weighted by atomic mass is 32.2. The third-order valence-electron chi connectivity index (χ3n) is 5.38. The zero-order valence-electron chi connectivity index (χ0n) is 16.6. The van der Waals surface area contributed by atoms with Gasteiger partial charge in [-0.3, -0.25) is 9.69 Å². The van der Waals surface area contributed by atoms with Gasteiger partial charge in [-0.05, 0) is 12.5 Å². The average Bonchev–Trinajstić information content (AvgIpc) is 2.88. The minimum atomic E-state index is -3.26. The summed E-state index contributed by atoms with van der Waals surface area (Å²) >= 11 is 0. The monoisotopic (exact) mass is 398 g/mol. The van der Waals surface area contributed by atoms with Gasteiger partial charge in [0, 0.05) is 50.1 Å². The van der Waals surface area contributed by atoms with Gasteiger partial charge in [0.1, 0.15) is 0 Å². The van der Waals surface area contributed by atoms with Crippen LogP contribution in [-0.4, -0.2) is 77.1 Å². The van der Waals surface area contributed by atoms with Crippen LogP contribution in [0.25, 0.3) is 0 Å². The Morgan fingerprint density at radius 3 is 2.52 bits per heavy atom. The molecule has 2 saturated heterocycles. The summed E-state index contributed by atoms with van der Waals surface area (Å²) in [5.41, 5.74) is -0.313. The number of rotatable bonds is 5. The van der Waals surface area contributed by atoms with Crippen molar-refractivity contribution in [3.8, 4) is 0 Å². The summed E-state index contributed by atoms with van der Waals surface area (Å²) in [5, 5.41) is 15.2. The lowest BCUT2D eigenvalue weighted by molar-refractivity contribution is -0.0251. The normalized spacial score (nSPS) is 25.7. The lowest BCUT2D eigenvalue weighted by Crippen LogP contribution is -2.56. The predicted molar refractivity (Wildman–Crippen MR) is 103 cm³/mol. The number of hydrogen-bond donors (Lipinski definition) is 1. The van der Waals surface area contributed by atoms with Gasteiger partial charge in [0.25, 0.3) is 5.56 Å². The third-order valence-corrected chi connectivity index (χ3v) is 6.63. The van der Waals surface area contributed by atoms with E-state index in [0.717, 1.165) is 18.8 Å². The van der Waals surface area contributed by atoms with E-state index < -0.39 is 15.6 Å². The number of hydrogen-bond acceptors (Lipinski definition) is 6. The maximum atomic E-state index is 12.1. The summed E-state index contributed by atoms with van der Waals surface area (Å²) in [4.78, 5) is 14.2. The summed E-state index contributed by atoms with van der Waals surface area (Å²) < 4.78 is 26.2. The molecule has 0 saturated carbocycles. The van der Waals surface area contributed by atoms with E-state index in [4.69, 9.17) is 0 Å². The van der Waals surface area contributed by atoms with E-state index in [2.05, 4.69) is 30.8 Å². The van der Waals surface area contributed by atoms with E-state index in [9.17, 15) is 18.3 Å². The molecular weight excluding hydrogens is 368 g/mol. The highest BCUT2D eigenvalue weighted by Crippen LogP contribution is 2.28. The number of nitrogens with zero attached hydrogens (tertiary/aromatic N) is 4. The van der Waals surface area contributed by atoms with Crippen LogP contribution in [0.1, 0.15) is 32.9 Å². The molecule has 0 bridgehead atoms. The first-order valence-electron chi connectivity index (χ1n) is 9.34. The molecule has 1 aromatic rings. The molecular formula is C18H30N4O4S. The molecule has 152 valence electrons. The Morgan fingerprint density at radius 2 is 1.96 bits per heavy atom. The molecule has 3 heterocycles. The highest BCUT2D eigenvalue weighted by Gasteiger charge is 2.43. The Kier molecular flexibility index (Phi) is 5.26. The van der Waals surface area contributed by atoms with Crippen molar-refractivity contribution in [1.82, 2.24) is 19.0 Å². The molecule has 3 rings (SSSR count). The van der Waals surface area contributed by atoms with Crippen LogP contribution in [0.15, 0.2) is 16.9 Å². The lowest BCUT2D eigenvalue weighted by Gasteiger charge is -2.42. The van der Waals surface area contributed by atoms with Gasteiger partial charge >= 0.3 is 0 Å². The second-order valence-corrected chi connectivity index (χ2v) is 11.1. The van der Waals surface area contributed by atoms with Crippen molar-refractivity contribution in [2.24, 2.45) is 5.92 Å². The van der Waals surface area contributed by atoms with Gasteiger partial charge in [0.2, 0.25) is 10.0 Å². The smallest absolute Gasteiger partial charge is 0.266 e. The van der Waals surface area contributed by atoms with Crippen LogP contribution in [0.3, 0.4) is 0 Å². The summed E-state index contributed by atoms with van der Waals surface area (Å²) in [7, 11) is -3.26. The molecule has 0 spiro atoms. The van der Waals surface area contributed by atoms with Crippen LogP contribution in [0.4, 0.5) is 0 Å². The van der Waals surface area contributed by atoms with E-state index in [1.54, 1.807) is 12.1 Å². The second-order valence-electron chi connectivity index (χ2n) is 9.12. The minimum Gasteiger partial charge on any atom is -0.387 e. The Morgan fingerprint density at radius 1 is 1.30 bits per heavy atom. The molecule has 8 nitrogen and oxygen atoms in total. The Labute approximate surface area is 160 Å². The van der Waals surface area contributed by atoms with Gasteiger partial charge < -0.3 is 5.11 Å². The van der Waals surface area contributed by atoms with E-state index in [0.29, 0.717) is 32.0 Å². The summed E-state index contributed by atoms with van der Waals surface area (Å²) in [6.45, 7) is 9.29. The van der Waals surface area contributed by atoms with Gasteiger partial charge in [-0.25, -0.2) is 13.1 Å². The van der Waals surface area contributed by atoms with Crippen LogP contribution >= 0.6 is 0 Å². The van der Waals surface area contributed by atoms with Crippen molar-refractivity contribution >= 4 is 10.0 Å². The van der Waals surface area contributed by atoms with E-state index in [-0.39, 0.29) is 17.5 Å². The van der Waals surface area contributed by atoms with Crippen LogP contribution in [0.5, 0.6) is 0 Å². The van der Waals surface area contributed by atoms with Crippen molar-refractivity contribution in [1.29, 1.82) is 0 Å². The maximum absolute atomic E-state index is 12.1. The van der Waals surface area contributed by atoms with Crippen molar-refractivity contribution in [3.63, 3.8) is 0 Å². The zero-order chi connectivity index (χ0) is 20.0. The molecule has 0 amide bonds. The number of β-amino-alcohol motifs (C(OH)–C–C–N with tert-alkyl or cyclic N) is 1. The number of likely N-dealkylation sites (tertiary alicyclic amines) is 1. The van der Waals surface area contributed by atoms with E-state index >= 15 is 0 Å². The minimum absolute atomic E-state index is 0.0975. The van der Waals surface area contributed by atoms with Gasteiger partial charge in [-0.2, -0.15) is 9.40 Å². The number of sulfonamides is 1. The summed E-state index contributed by atoms with van der Waals surface area (Å²) in [5.74, 6) is 0.307. The number of aliphatic hydroxyl groups is 1. The Hall–Kier alpha value is -1.29. The molecule has 1 aromatic heterocycles. The second kappa shape index (κ2) is 6.95. The van der Waals surface area contributed by atoms with Crippen LogP contribution in [-0.2, 0) is 22.0 Å². The SMILES string of the molecule is CC(C)(C)c1ccc(=O)n(CC2CN(CC3(O)CCN(S(C)(=O)=O)C3)C2)n1. The first-order chi connectivity index (χ1) is 12.4. The van der Waals surface area contributed by atoms with Crippen molar-refractivity contribution in [2.75, 3.05) is 39.0 Å². The topological polar surface area (TPSA) is 95.7 Å². The van der Waals surface area contributed by atoms with Crippen molar-refractivity contribution in [2.45, 2.75) is 44.8 Å². The zero-order valence-corrected chi connectivity index (χ0v) is 17.4. The first-order valence-corrected chi connectivity index (χ1v) is 11.2. The average molecular weight is 399 g/mol. The quantitative estimate of drug-likeness (QED) is 0.742. The van der Waals surface area contributed by atoms with E-state index in [1.165, 1.54) is 15.2 Å². The lowest BCUT2D eigenvalue weighted by atomic mass is 9.92. The Bertz CT molecular complexity index is 855. The van der Waals surface area contributed by atoms with Gasteiger partial charge in [0.05, 0.1) is 24.1 Å². The molecule has 27 heavy (non-hydrogen) atoms. The van der Waals surface area contributed by atoms with Gasteiger partial charge in [-0.15, -0.1) is 0 Å². The van der Waals surface area contributed by atoms with Crippen LogP contribution in [0.2, 0.25) is 0 Å². The molecule has 1 unspecified atom stereocenters. The standard InChI is InChI=1S/C18H30N4O4S/c1-17(2,3)15-5-6-16(23)22(19-15)11-14-9-20(10-14)12-18(24)7-8-21(13-18)27(4,25)26/h5-6,14,24H,7-13H2,1-4H3. The predicted octanol–water partition coefficient (Wildman–Crippen LogP) is -0.131. The largest absolute Gasteiger partial charge is 0.387 e. The molecule has 0 radical (unpaired) electrons.